The van der Waals surface area contributed by atoms with E-state index in [0.29, 0.717) is 19.4 Å². The highest BCUT2D eigenvalue weighted by Gasteiger charge is 2.30. The van der Waals surface area contributed by atoms with Crippen LogP contribution in [0.15, 0.2) is 0 Å². The highest BCUT2D eigenvalue weighted by atomic mass is 16.5. The van der Waals surface area contributed by atoms with Gasteiger partial charge in [-0.25, -0.2) is 0 Å². The molecule has 84 valence electrons. The van der Waals surface area contributed by atoms with Crippen LogP contribution >= 0.6 is 0 Å². The van der Waals surface area contributed by atoms with Crippen molar-refractivity contribution in [3.05, 3.63) is 0 Å². The van der Waals surface area contributed by atoms with Crippen LogP contribution in [0.3, 0.4) is 0 Å². The average Bonchev–Trinajstić information content (AvgIpc) is 2.16. The zero-order chi connectivity index (χ0) is 11.2. The summed E-state index contributed by atoms with van der Waals surface area (Å²) in [6, 6.07) is 0.00789. The number of carbonyl (C=O) groups excluding carboxylic acids is 1. The normalized spacial score (nSPS) is 13.8. The first-order chi connectivity index (χ1) is 6.50. The van der Waals surface area contributed by atoms with Crippen LogP contribution in [0.2, 0.25) is 0 Å². The second-order valence-corrected chi connectivity index (χ2v) is 3.69. The molecule has 0 bridgehead atoms. The van der Waals surface area contributed by atoms with Gasteiger partial charge < -0.3 is 15.8 Å². The molecule has 0 aliphatic heterocycles. The van der Waals surface area contributed by atoms with Crippen molar-refractivity contribution in [3.8, 4) is 0 Å². The van der Waals surface area contributed by atoms with E-state index in [4.69, 9.17) is 10.5 Å². The quantitative estimate of drug-likeness (QED) is 0.665. The first kappa shape index (κ1) is 13.4. The van der Waals surface area contributed by atoms with Crippen LogP contribution in [0.25, 0.3) is 0 Å². The maximum atomic E-state index is 11.7. The van der Waals surface area contributed by atoms with Crippen molar-refractivity contribution in [3.63, 3.8) is 0 Å². The summed E-state index contributed by atoms with van der Waals surface area (Å²) in [7, 11) is 1.61. The summed E-state index contributed by atoms with van der Waals surface area (Å²) in [6.07, 6.45) is 1.30. The Kier molecular flexibility index (Phi) is 5.72. The Balaban J connectivity index is 4.18. The summed E-state index contributed by atoms with van der Waals surface area (Å²) >= 11 is 0. The molecule has 3 N–H and O–H groups in total. The minimum absolute atomic E-state index is 0.00789. The van der Waals surface area contributed by atoms with E-state index < -0.39 is 5.54 Å². The third kappa shape index (κ3) is 3.64. The van der Waals surface area contributed by atoms with Gasteiger partial charge in [-0.2, -0.15) is 0 Å². The molecule has 4 nitrogen and oxygen atoms in total. The first-order valence-electron chi connectivity index (χ1n) is 5.09. The van der Waals surface area contributed by atoms with Gasteiger partial charge in [0.15, 0.2) is 0 Å². The minimum Gasteiger partial charge on any atom is -0.383 e. The van der Waals surface area contributed by atoms with E-state index in [9.17, 15) is 4.79 Å². The number of hydrogen-bond acceptors (Lipinski definition) is 3. The van der Waals surface area contributed by atoms with Crippen LogP contribution in [-0.2, 0) is 9.53 Å². The number of amides is 1. The highest BCUT2D eigenvalue weighted by molar-refractivity contribution is 5.86. The second kappa shape index (κ2) is 5.98. The SMILES string of the molecule is CCC(N)(CC)C(=O)NC(C)COC. The first-order valence-corrected chi connectivity index (χ1v) is 5.09. The van der Waals surface area contributed by atoms with Gasteiger partial charge in [-0.15, -0.1) is 0 Å². The van der Waals surface area contributed by atoms with Crippen LogP contribution in [0.1, 0.15) is 33.6 Å². The summed E-state index contributed by atoms with van der Waals surface area (Å²) in [5, 5.41) is 2.83. The zero-order valence-electron chi connectivity index (χ0n) is 9.59. The lowest BCUT2D eigenvalue weighted by atomic mass is 9.93. The Labute approximate surface area is 86.2 Å². The molecule has 0 aromatic rings. The van der Waals surface area contributed by atoms with Gasteiger partial charge in [0.25, 0.3) is 0 Å². The minimum atomic E-state index is -0.734. The molecule has 0 radical (unpaired) electrons. The number of methoxy groups -OCH3 is 1. The van der Waals surface area contributed by atoms with E-state index in [1.165, 1.54) is 0 Å². The van der Waals surface area contributed by atoms with E-state index in [1.807, 2.05) is 20.8 Å². The molecule has 0 rings (SSSR count). The largest absolute Gasteiger partial charge is 0.383 e. The van der Waals surface area contributed by atoms with Crippen LogP contribution in [0.5, 0.6) is 0 Å². The van der Waals surface area contributed by atoms with Gasteiger partial charge in [-0.3, -0.25) is 4.79 Å². The van der Waals surface area contributed by atoms with E-state index >= 15 is 0 Å². The Morgan fingerprint density at radius 1 is 1.50 bits per heavy atom. The zero-order valence-corrected chi connectivity index (χ0v) is 9.59. The van der Waals surface area contributed by atoms with Crippen LogP contribution < -0.4 is 11.1 Å². The standard InChI is InChI=1S/C10H22N2O2/c1-5-10(11,6-2)9(13)12-8(3)7-14-4/h8H,5-7,11H2,1-4H3,(H,12,13). The number of nitrogens with one attached hydrogen (secondary N) is 1. The molecule has 0 aromatic carbocycles. The third-order valence-electron chi connectivity index (χ3n) is 2.51. The molecule has 4 heteroatoms. The van der Waals surface area contributed by atoms with Crippen molar-refractivity contribution in [1.29, 1.82) is 0 Å². The molecule has 0 heterocycles. The lowest BCUT2D eigenvalue weighted by Crippen LogP contribution is -2.55. The fourth-order valence-corrected chi connectivity index (χ4v) is 1.23. The highest BCUT2D eigenvalue weighted by Crippen LogP contribution is 2.11. The summed E-state index contributed by atoms with van der Waals surface area (Å²) in [5.41, 5.74) is 5.20. The summed E-state index contributed by atoms with van der Waals surface area (Å²) in [6.45, 7) is 6.25. The van der Waals surface area contributed by atoms with Crippen molar-refractivity contribution >= 4 is 5.91 Å². The Hall–Kier alpha value is -0.610. The third-order valence-corrected chi connectivity index (χ3v) is 2.51. The van der Waals surface area contributed by atoms with Crippen molar-refractivity contribution in [2.24, 2.45) is 5.73 Å². The molecule has 0 saturated carbocycles. The summed E-state index contributed by atoms with van der Waals surface area (Å²) < 4.78 is 4.93. The average molecular weight is 202 g/mol. The van der Waals surface area contributed by atoms with Crippen molar-refractivity contribution in [1.82, 2.24) is 5.32 Å². The maximum absolute atomic E-state index is 11.7. The van der Waals surface area contributed by atoms with Crippen LogP contribution in [0, 0.1) is 0 Å². The van der Waals surface area contributed by atoms with Crippen LogP contribution in [0.4, 0.5) is 0 Å². The maximum Gasteiger partial charge on any atom is 0.240 e. The predicted molar refractivity (Wildman–Crippen MR) is 57.0 cm³/mol. The van der Waals surface area contributed by atoms with Crippen molar-refractivity contribution in [2.75, 3.05) is 13.7 Å². The summed E-state index contributed by atoms with van der Waals surface area (Å²) in [5.74, 6) is -0.0907. The number of carbonyl (C=O) groups is 1. The molecule has 1 amide bonds. The molecule has 0 fully saturated rings. The predicted octanol–water partition coefficient (Wildman–Crippen LogP) is 0.655. The molecule has 0 aliphatic rings. The summed E-state index contributed by atoms with van der Waals surface area (Å²) in [4.78, 5) is 11.7. The molecule has 1 unspecified atom stereocenters. The molecule has 14 heavy (non-hydrogen) atoms. The van der Waals surface area contributed by atoms with Gasteiger partial charge >= 0.3 is 0 Å². The second-order valence-electron chi connectivity index (χ2n) is 3.69. The van der Waals surface area contributed by atoms with Gasteiger partial charge in [-0.1, -0.05) is 13.8 Å². The molecule has 0 saturated heterocycles. The van der Waals surface area contributed by atoms with E-state index in [1.54, 1.807) is 7.11 Å². The molecule has 0 spiro atoms. The molecule has 1 atom stereocenters. The molecular weight excluding hydrogens is 180 g/mol. The van der Waals surface area contributed by atoms with Crippen molar-refractivity contribution < 1.29 is 9.53 Å². The number of rotatable bonds is 6. The van der Waals surface area contributed by atoms with E-state index in [-0.39, 0.29) is 11.9 Å². The van der Waals surface area contributed by atoms with Gasteiger partial charge in [0, 0.05) is 13.2 Å². The van der Waals surface area contributed by atoms with E-state index in [0.717, 1.165) is 0 Å². The van der Waals surface area contributed by atoms with E-state index in [2.05, 4.69) is 5.32 Å². The lowest BCUT2D eigenvalue weighted by Gasteiger charge is -2.27. The van der Waals surface area contributed by atoms with Gasteiger partial charge in [0.05, 0.1) is 12.1 Å². The lowest BCUT2D eigenvalue weighted by molar-refractivity contribution is -0.127. The molecule has 0 aromatic heterocycles. The van der Waals surface area contributed by atoms with Crippen molar-refractivity contribution in [2.45, 2.75) is 45.2 Å². The van der Waals surface area contributed by atoms with Gasteiger partial charge in [0.1, 0.15) is 0 Å². The van der Waals surface area contributed by atoms with Gasteiger partial charge in [-0.05, 0) is 19.8 Å². The fraction of sp³-hybridized carbons (Fsp3) is 0.900. The topological polar surface area (TPSA) is 64.4 Å². The smallest absolute Gasteiger partial charge is 0.240 e. The monoisotopic (exact) mass is 202 g/mol. The molecule has 0 aliphatic carbocycles. The Bertz CT molecular complexity index is 179. The number of nitrogens with two attached hydrogens (primary N) is 1. The van der Waals surface area contributed by atoms with Gasteiger partial charge in [0.2, 0.25) is 5.91 Å². The Morgan fingerprint density at radius 3 is 2.36 bits per heavy atom. The fourth-order valence-electron chi connectivity index (χ4n) is 1.23. The van der Waals surface area contributed by atoms with Crippen LogP contribution in [-0.4, -0.2) is 31.2 Å². The number of ether oxygens (including phenoxy) is 1. The Morgan fingerprint density at radius 2 is 2.00 bits per heavy atom. The number of hydrogen-bond donors (Lipinski definition) is 2. The molecular formula is C10H22N2O2.